The van der Waals surface area contributed by atoms with E-state index in [2.05, 4.69) is 28.6 Å². The van der Waals surface area contributed by atoms with Gasteiger partial charge in [0.25, 0.3) is 0 Å². The molecule has 1 saturated carbocycles. The Morgan fingerprint density at radius 1 is 1.43 bits per heavy atom. The van der Waals surface area contributed by atoms with E-state index >= 15 is 0 Å². The maximum atomic E-state index is 9.49. The molecule has 1 N–H and O–H groups in total. The number of aliphatic hydroxyl groups excluding tert-OH is 1. The Morgan fingerprint density at radius 3 is 2.76 bits per heavy atom. The Kier molecular flexibility index (Phi) is 4.10. The zero-order valence-corrected chi connectivity index (χ0v) is 13.2. The summed E-state index contributed by atoms with van der Waals surface area (Å²) in [5.74, 6) is 7.15. The third kappa shape index (κ3) is 3.51. The predicted molar refractivity (Wildman–Crippen MR) is 85.5 cm³/mol. The minimum Gasteiger partial charge on any atom is -0.396 e. The van der Waals surface area contributed by atoms with Crippen LogP contribution in [-0.2, 0) is 0 Å². The maximum Gasteiger partial charge on any atom is 0.131 e. The lowest BCUT2D eigenvalue weighted by molar-refractivity contribution is 0.115. The minimum absolute atomic E-state index is 0.0488. The van der Waals surface area contributed by atoms with Crippen LogP contribution in [0.4, 0.5) is 5.69 Å². The molecule has 1 aromatic rings. The zero-order chi connectivity index (χ0) is 14.9. The van der Waals surface area contributed by atoms with E-state index in [-0.39, 0.29) is 12.0 Å². The summed E-state index contributed by atoms with van der Waals surface area (Å²) in [6.45, 7) is 4.26. The molecule has 2 aliphatic rings. The molecule has 0 radical (unpaired) electrons. The fraction of sp³-hybridized carbons (Fsp3) is 0.588. The molecule has 2 heterocycles. The molecular formula is C17H21ClN2O. The summed E-state index contributed by atoms with van der Waals surface area (Å²) in [7, 11) is 0. The van der Waals surface area contributed by atoms with Crippen LogP contribution in [0, 0.1) is 23.2 Å². The molecule has 0 unspecified atom stereocenters. The van der Waals surface area contributed by atoms with Gasteiger partial charge in [0, 0.05) is 37.9 Å². The molecule has 1 saturated heterocycles. The van der Waals surface area contributed by atoms with Gasteiger partial charge in [-0.1, -0.05) is 30.4 Å². The minimum atomic E-state index is 0.0488. The lowest BCUT2D eigenvalue weighted by Gasteiger charge is -2.39. The Balaban J connectivity index is 1.81. The van der Waals surface area contributed by atoms with Crippen LogP contribution in [0.5, 0.6) is 0 Å². The first-order chi connectivity index (χ1) is 10.1. The first-order valence-electron chi connectivity index (χ1n) is 7.62. The fourth-order valence-electron chi connectivity index (χ4n) is 2.63. The van der Waals surface area contributed by atoms with Gasteiger partial charge in [0.2, 0.25) is 0 Å². The fourth-order valence-corrected chi connectivity index (χ4v) is 2.78. The van der Waals surface area contributed by atoms with E-state index in [1.165, 1.54) is 12.8 Å². The largest absolute Gasteiger partial charge is 0.396 e. The van der Waals surface area contributed by atoms with Crippen molar-refractivity contribution in [3.8, 4) is 11.8 Å². The van der Waals surface area contributed by atoms with E-state index in [9.17, 15) is 5.11 Å². The van der Waals surface area contributed by atoms with E-state index in [1.54, 1.807) is 6.20 Å². The second-order valence-corrected chi connectivity index (χ2v) is 6.91. The number of nitrogens with zero attached hydrogens (tertiary/aromatic N) is 2. The molecule has 0 atom stereocenters. The Hall–Kier alpha value is -1.24. The number of aliphatic hydroxyl groups is 1. The number of aromatic nitrogens is 1. The number of hydrogen-bond donors (Lipinski definition) is 1. The highest BCUT2D eigenvalue weighted by Gasteiger charge is 2.30. The molecule has 21 heavy (non-hydrogen) atoms. The highest BCUT2D eigenvalue weighted by Crippen LogP contribution is 2.34. The predicted octanol–water partition coefficient (Wildman–Crippen LogP) is 3.10. The lowest BCUT2D eigenvalue weighted by atomic mass is 9.81. The molecular weight excluding hydrogens is 284 g/mol. The molecule has 0 bridgehead atoms. The van der Waals surface area contributed by atoms with Crippen LogP contribution in [0.25, 0.3) is 0 Å². The van der Waals surface area contributed by atoms with Gasteiger partial charge in [0.05, 0.1) is 11.3 Å². The Bertz CT molecular complexity index is 578. The SMILES string of the molecule is CC1(CO)CCN(c2cc(Cl)ncc2C#CC2CC2)CC1. The number of hydrogen-bond acceptors (Lipinski definition) is 3. The van der Waals surface area contributed by atoms with Crippen molar-refractivity contribution in [2.24, 2.45) is 11.3 Å². The average Bonchev–Trinajstić information content (AvgIpc) is 3.31. The van der Waals surface area contributed by atoms with Crippen LogP contribution >= 0.6 is 11.6 Å². The van der Waals surface area contributed by atoms with Crippen molar-refractivity contribution in [2.45, 2.75) is 32.6 Å². The van der Waals surface area contributed by atoms with Gasteiger partial charge >= 0.3 is 0 Å². The summed E-state index contributed by atoms with van der Waals surface area (Å²) >= 11 is 6.07. The normalized spacial score (nSPS) is 20.8. The van der Waals surface area contributed by atoms with Crippen LogP contribution in [0.1, 0.15) is 38.2 Å². The quantitative estimate of drug-likeness (QED) is 0.674. The topological polar surface area (TPSA) is 36.4 Å². The number of rotatable bonds is 2. The Labute approximate surface area is 131 Å². The zero-order valence-electron chi connectivity index (χ0n) is 12.4. The van der Waals surface area contributed by atoms with E-state index in [0.717, 1.165) is 37.2 Å². The van der Waals surface area contributed by atoms with Crippen molar-refractivity contribution in [3.63, 3.8) is 0 Å². The van der Waals surface area contributed by atoms with Gasteiger partial charge < -0.3 is 10.0 Å². The van der Waals surface area contributed by atoms with Crippen molar-refractivity contribution in [2.75, 3.05) is 24.6 Å². The number of anilines is 1. The Morgan fingerprint density at radius 2 is 2.14 bits per heavy atom. The first kappa shape index (κ1) is 14.7. The molecule has 1 aliphatic carbocycles. The molecule has 0 spiro atoms. The van der Waals surface area contributed by atoms with E-state index in [1.807, 2.05) is 6.07 Å². The van der Waals surface area contributed by atoms with Crippen molar-refractivity contribution >= 4 is 17.3 Å². The maximum absolute atomic E-state index is 9.49. The van der Waals surface area contributed by atoms with Gasteiger partial charge in [0.15, 0.2) is 0 Å². The lowest BCUT2D eigenvalue weighted by Crippen LogP contribution is -2.40. The number of pyridine rings is 1. The number of piperidine rings is 1. The summed E-state index contributed by atoms with van der Waals surface area (Å²) < 4.78 is 0. The van der Waals surface area contributed by atoms with Crippen LogP contribution in [-0.4, -0.2) is 29.8 Å². The summed E-state index contributed by atoms with van der Waals surface area (Å²) in [4.78, 5) is 6.50. The highest BCUT2D eigenvalue weighted by atomic mass is 35.5. The van der Waals surface area contributed by atoms with Gasteiger partial charge in [-0.3, -0.25) is 0 Å². The van der Waals surface area contributed by atoms with E-state index < -0.39 is 0 Å². The van der Waals surface area contributed by atoms with Crippen molar-refractivity contribution in [3.05, 3.63) is 23.0 Å². The monoisotopic (exact) mass is 304 g/mol. The van der Waals surface area contributed by atoms with Gasteiger partial charge in [0.1, 0.15) is 5.15 Å². The summed E-state index contributed by atoms with van der Waals surface area (Å²) in [6, 6.07) is 1.92. The first-order valence-corrected chi connectivity index (χ1v) is 8.00. The summed E-state index contributed by atoms with van der Waals surface area (Å²) in [5, 5.41) is 10.00. The molecule has 3 nitrogen and oxygen atoms in total. The molecule has 1 aliphatic heterocycles. The van der Waals surface area contributed by atoms with Crippen molar-refractivity contribution < 1.29 is 5.11 Å². The van der Waals surface area contributed by atoms with Gasteiger partial charge in [-0.15, -0.1) is 0 Å². The molecule has 0 amide bonds. The van der Waals surface area contributed by atoms with Crippen LogP contribution in [0.15, 0.2) is 12.3 Å². The van der Waals surface area contributed by atoms with Crippen LogP contribution in [0.3, 0.4) is 0 Å². The van der Waals surface area contributed by atoms with Crippen molar-refractivity contribution in [1.29, 1.82) is 0 Å². The van der Waals surface area contributed by atoms with Crippen molar-refractivity contribution in [1.82, 2.24) is 4.98 Å². The average molecular weight is 305 g/mol. The third-order valence-corrected chi connectivity index (χ3v) is 4.74. The summed E-state index contributed by atoms with van der Waals surface area (Å²) in [6.07, 6.45) is 6.20. The molecule has 112 valence electrons. The van der Waals surface area contributed by atoms with E-state index in [0.29, 0.717) is 11.1 Å². The van der Waals surface area contributed by atoms with Crippen LogP contribution in [0.2, 0.25) is 5.15 Å². The second-order valence-electron chi connectivity index (χ2n) is 6.52. The molecule has 3 rings (SSSR count). The number of halogens is 1. The van der Waals surface area contributed by atoms with Gasteiger partial charge in [-0.05, 0) is 31.1 Å². The van der Waals surface area contributed by atoms with Crippen LogP contribution < -0.4 is 4.90 Å². The van der Waals surface area contributed by atoms with E-state index in [4.69, 9.17) is 11.6 Å². The third-order valence-electron chi connectivity index (χ3n) is 4.53. The summed E-state index contributed by atoms with van der Waals surface area (Å²) in [5.41, 5.74) is 2.11. The van der Waals surface area contributed by atoms with Gasteiger partial charge in [-0.25, -0.2) is 4.98 Å². The molecule has 0 aromatic carbocycles. The standard InChI is InChI=1S/C17H21ClN2O/c1-17(12-21)6-8-20(9-7-17)15-10-16(18)19-11-14(15)5-4-13-2-3-13/h10-11,13,21H,2-3,6-9,12H2,1H3. The molecule has 4 heteroatoms. The van der Waals surface area contributed by atoms with Gasteiger partial charge in [-0.2, -0.15) is 0 Å². The molecule has 1 aromatic heterocycles. The highest BCUT2D eigenvalue weighted by molar-refractivity contribution is 6.29. The molecule has 2 fully saturated rings. The second kappa shape index (κ2) is 5.87. The smallest absolute Gasteiger partial charge is 0.131 e.